The van der Waals surface area contributed by atoms with E-state index in [-0.39, 0.29) is 35.1 Å². The molecule has 0 saturated carbocycles. The zero-order valence-electron chi connectivity index (χ0n) is 19.0. The zero-order valence-corrected chi connectivity index (χ0v) is 22.1. The van der Waals surface area contributed by atoms with Gasteiger partial charge in [0.2, 0.25) is 0 Å². The van der Waals surface area contributed by atoms with E-state index in [1.807, 2.05) is 19.2 Å². The van der Waals surface area contributed by atoms with E-state index in [2.05, 4.69) is 36.0 Å². The van der Waals surface area contributed by atoms with Crippen molar-refractivity contribution in [3.63, 3.8) is 0 Å². The van der Waals surface area contributed by atoms with Gasteiger partial charge in [-0.25, -0.2) is 8.42 Å². The molecule has 0 bridgehead atoms. The van der Waals surface area contributed by atoms with Crippen LogP contribution in [0.2, 0.25) is 0 Å². The molecule has 172 valence electrons. The summed E-state index contributed by atoms with van der Waals surface area (Å²) in [6.07, 6.45) is 3.33. The molecule has 0 radical (unpaired) electrons. The number of guanidine groups is 1. The Morgan fingerprint density at radius 2 is 1.80 bits per heavy atom. The van der Waals surface area contributed by atoms with Gasteiger partial charge in [0.05, 0.1) is 10.6 Å². The van der Waals surface area contributed by atoms with Crippen molar-refractivity contribution in [3.05, 3.63) is 29.8 Å². The molecule has 0 atom stereocenters. The molecule has 1 aromatic rings. The van der Waals surface area contributed by atoms with E-state index in [1.165, 1.54) is 0 Å². The highest BCUT2D eigenvalue weighted by Crippen LogP contribution is 2.23. The van der Waals surface area contributed by atoms with Crippen molar-refractivity contribution < 1.29 is 13.2 Å². The van der Waals surface area contributed by atoms with Gasteiger partial charge in [0.1, 0.15) is 0 Å². The van der Waals surface area contributed by atoms with Crippen LogP contribution < -0.4 is 5.32 Å². The van der Waals surface area contributed by atoms with Crippen LogP contribution in [0, 0.1) is 5.92 Å². The van der Waals surface area contributed by atoms with E-state index < -0.39 is 9.84 Å². The van der Waals surface area contributed by atoms with Gasteiger partial charge in [0.25, 0.3) is 0 Å². The number of benzene rings is 1. The topological polar surface area (TPSA) is 71.0 Å². The van der Waals surface area contributed by atoms with Crippen LogP contribution in [0.5, 0.6) is 0 Å². The Hall–Kier alpha value is -0.870. The molecule has 0 spiro atoms. The Kier molecular flexibility index (Phi) is 11.1. The van der Waals surface area contributed by atoms with Gasteiger partial charge in [-0.1, -0.05) is 32.9 Å². The van der Waals surface area contributed by atoms with Crippen LogP contribution in [-0.2, 0) is 20.0 Å². The van der Waals surface area contributed by atoms with Crippen LogP contribution in [0.15, 0.2) is 34.2 Å². The number of ether oxygens (including phenoxy) is 1. The van der Waals surface area contributed by atoms with E-state index >= 15 is 0 Å². The minimum absolute atomic E-state index is 0. The first-order chi connectivity index (χ1) is 13.6. The number of rotatable bonds is 7. The lowest BCUT2D eigenvalue weighted by molar-refractivity contribution is 0.0625. The maximum atomic E-state index is 12.7. The van der Waals surface area contributed by atoms with Crippen LogP contribution in [0.25, 0.3) is 0 Å². The number of sulfone groups is 1. The van der Waals surface area contributed by atoms with Gasteiger partial charge in [-0.15, -0.1) is 24.0 Å². The summed E-state index contributed by atoms with van der Waals surface area (Å²) in [6, 6.07) is 7.24. The lowest BCUT2D eigenvalue weighted by atomic mass is 9.87. The first kappa shape index (κ1) is 27.2. The summed E-state index contributed by atoms with van der Waals surface area (Å²) < 4.78 is 30.7. The normalized spacial score (nSPS) is 16.1. The molecular weight excluding hydrogens is 513 g/mol. The number of aliphatic imine (C=N–C) groups is 1. The Labute approximate surface area is 199 Å². The molecule has 0 amide bonds. The van der Waals surface area contributed by atoms with E-state index in [0.717, 1.165) is 50.5 Å². The summed E-state index contributed by atoms with van der Waals surface area (Å²) in [4.78, 5) is 6.73. The van der Waals surface area contributed by atoms with Crippen molar-refractivity contribution in [3.8, 4) is 0 Å². The molecule has 1 fully saturated rings. The summed E-state index contributed by atoms with van der Waals surface area (Å²) in [6.45, 7) is 9.29. The molecule has 30 heavy (non-hydrogen) atoms. The smallest absolute Gasteiger partial charge is 0.193 e. The highest BCUT2D eigenvalue weighted by Gasteiger charge is 2.19. The monoisotopic (exact) mass is 551 g/mol. The Balaban J connectivity index is 0.00000450. The SMILES string of the molecule is CN=C(NCCS(=O)(=O)c1ccc(C(C)(C)C)cc1)N(C)CCC1CCOCC1.I. The molecule has 1 heterocycles. The van der Waals surface area contributed by atoms with Crippen LogP contribution >= 0.6 is 24.0 Å². The first-order valence-electron chi connectivity index (χ1n) is 10.5. The molecule has 0 unspecified atom stereocenters. The summed E-state index contributed by atoms with van der Waals surface area (Å²) >= 11 is 0. The zero-order chi connectivity index (χ0) is 21.5. The largest absolute Gasteiger partial charge is 0.381 e. The summed E-state index contributed by atoms with van der Waals surface area (Å²) in [5.41, 5.74) is 1.13. The average molecular weight is 552 g/mol. The molecule has 2 rings (SSSR count). The van der Waals surface area contributed by atoms with E-state index in [4.69, 9.17) is 4.74 Å². The lowest BCUT2D eigenvalue weighted by Gasteiger charge is -2.26. The van der Waals surface area contributed by atoms with Crippen molar-refractivity contribution in [1.29, 1.82) is 0 Å². The van der Waals surface area contributed by atoms with Crippen LogP contribution in [0.3, 0.4) is 0 Å². The third-order valence-corrected chi connectivity index (χ3v) is 7.25. The third-order valence-electron chi connectivity index (χ3n) is 5.52. The highest BCUT2D eigenvalue weighted by molar-refractivity contribution is 14.0. The molecule has 8 heteroatoms. The second-order valence-corrected chi connectivity index (χ2v) is 10.9. The summed E-state index contributed by atoms with van der Waals surface area (Å²) in [7, 11) is 0.392. The summed E-state index contributed by atoms with van der Waals surface area (Å²) in [5.74, 6) is 1.46. The Bertz CT molecular complexity index is 768. The van der Waals surface area contributed by atoms with Crippen molar-refractivity contribution in [2.24, 2.45) is 10.9 Å². The molecule has 1 aliphatic rings. The van der Waals surface area contributed by atoms with Gasteiger partial charge in [0, 0.05) is 40.4 Å². The van der Waals surface area contributed by atoms with E-state index in [0.29, 0.717) is 17.4 Å². The number of nitrogens with zero attached hydrogens (tertiary/aromatic N) is 2. The standard InChI is InChI=1S/C22H37N3O3S.HI/c1-22(2,3)19-6-8-20(9-7-19)29(26,27)17-13-24-21(23-4)25(5)14-10-18-11-15-28-16-12-18;/h6-9,18H,10-17H2,1-5H3,(H,23,24);1H. The Morgan fingerprint density at radius 1 is 1.20 bits per heavy atom. The second kappa shape index (κ2) is 12.2. The molecule has 1 aromatic carbocycles. The fraction of sp³-hybridized carbons (Fsp3) is 0.682. The van der Waals surface area contributed by atoms with Gasteiger partial charge in [-0.2, -0.15) is 0 Å². The number of hydrogen-bond acceptors (Lipinski definition) is 4. The number of hydrogen-bond donors (Lipinski definition) is 1. The minimum Gasteiger partial charge on any atom is -0.381 e. The maximum absolute atomic E-state index is 12.7. The third kappa shape index (κ3) is 8.34. The average Bonchev–Trinajstić information content (AvgIpc) is 2.69. The molecule has 1 saturated heterocycles. The molecule has 6 nitrogen and oxygen atoms in total. The molecular formula is C22H38IN3O3S. The quantitative estimate of drug-likeness (QED) is 0.318. The summed E-state index contributed by atoms with van der Waals surface area (Å²) in [5, 5.41) is 3.19. The van der Waals surface area contributed by atoms with Crippen molar-refractivity contribution in [2.45, 2.75) is 50.3 Å². The van der Waals surface area contributed by atoms with Gasteiger partial charge < -0.3 is 15.0 Å². The minimum atomic E-state index is -3.33. The van der Waals surface area contributed by atoms with Gasteiger partial charge in [-0.3, -0.25) is 4.99 Å². The fourth-order valence-corrected chi connectivity index (χ4v) is 4.64. The molecule has 0 aromatic heterocycles. The maximum Gasteiger partial charge on any atom is 0.193 e. The van der Waals surface area contributed by atoms with Crippen LogP contribution in [0.1, 0.15) is 45.6 Å². The van der Waals surface area contributed by atoms with Crippen LogP contribution in [-0.4, -0.2) is 65.4 Å². The molecule has 1 N–H and O–H groups in total. The van der Waals surface area contributed by atoms with Crippen molar-refractivity contribution >= 4 is 39.8 Å². The Morgan fingerprint density at radius 3 is 2.33 bits per heavy atom. The van der Waals surface area contributed by atoms with Gasteiger partial charge >= 0.3 is 0 Å². The number of halogens is 1. The van der Waals surface area contributed by atoms with Gasteiger partial charge in [-0.05, 0) is 48.3 Å². The van der Waals surface area contributed by atoms with Crippen molar-refractivity contribution in [1.82, 2.24) is 10.2 Å². The van der Waals surface area contributed by atoms with Crippen LogP contribution in [0.4, 0.5) is 0 Å². The molecule has 0 aliphatic carbocycles. The number of nitrogens with one attached hydrogen (secondary N) is 1. The first-order valence-corrected chi connectivity index (χ1v) is 12.1. The fourth-order valence-electron chi connectivity index (χ4n) is 3.48. The highest BCUT2D eigenvalue weighted by atomic mass is 127. The van der Waals surface area contributed by atoms with E-state index in [9.17, 15) is 8.42 Å². The van der Waals surface area contributed by atoms with Gasteiger partial charge in [0.15, 0.2) is 15.8 Å². The van der Waals surface area contributed by atoms with Crippen molar-refractivity contribution in [2.75, 3.05) is 46.2 Å². The molecule has 1 aliphatic heterocycles. The van der Waals surface area contributed by atoms with E-state index in [1.54, 1.807) is 19.2 Å². The lowest BCUT2D eigenvalue weighted by Crippen LogP contribution is -2.41. The predicted octanol–water partition coefficient (Wildman–Crippen LogP) is 3.70. The second-order valence-electron chi connectivity index (χ2n) is 8.83. The predicted molar refractivity (Wildman–Crippen MR) is 135 cm³/mol.